The molecule has 0 aliphatic heterocycles. The molecule has 4 nitrogen and oxygen atoms in total. The second-order valence-electron chi connectivity index (χ2n) is 5.11. The second kappa shape index (κ2) is 10.2. The Balaban J connectivity index is 3.94. The van der Waals surface area contributed by atoms with Gasteiger partial charge in [0.05, 0.1) is 0 Å². The zero-order chi connectivity index (χ0) is 14.0. The first-order chi connectivity index (χ1) is 8.54. The highest BCUT2D eigenvalue weighted by Gasteiger charge is 2.08. The molecule has 0 saturated heterocycles. The standard InChI is InChI=1S/C14H32N4/c1-7-10-18(8-2)11-9-16-14(15-6)17-13(5)12(3)4/h12-13H,7-11H2,1-6H3,(H2,15,16,17). The highest BCUT2D eigenvalue weighted by atomic mass is 15.2. The van der Waals surface area contributed by atoms with Crippen molar-refractivity contribution in [2.24, 2.45) is 10.9 Å². The molecule has 0 aliphatic carbocycles. The van der Waals surface area contributed by atoms with Crippen LogP contribution in [0.4, 0.5) is 0 Å². The van der Waals surface area contributed by atoms with E-state index in [2.05, 4.69) is 55.1 Å². The molecule has 0 bridgehead atoms. The predicted octanol–water partition coefficient (Wildman–Crippen LogP) is 1.93. The molecular weight excluding hydrogens is 224 g/mol. The topological polar surface area (TPSA) is 39.7 Å². The molecule has 0 saturated carbocycles. The van der Waals surface area contributed by atoms with E-state index in [0.717, 1.165) is 25.6 Å². The normalized spacial score (nSPS) is 14.1. The molecular formula is C14H32N4. The van der Waals surface area contributed by atoms with Gasteiger partial charge in [-0.15, -0.1) is 0 Å². The van der Waals surface area contributed by atoms with Gasteiger partial charge in [-0.1, -0.05) is 27.7 Å². The number of aliphatic imine (C=N–C) groups is 1. The van der Waals surface area contributed by atoms with Crippen molar-refractivity contribution in [1.82, 2.24) is 15.5 Å². The molecule has 1 atom stereocenters. The molecule has 108 valence electrons. The van der Waals surface area contributed by atoms with E-state index < -0.39 is 0 Å². The van der Waals surface area contributed by atoms with Crippen LogP contribution >= 0.6 is 0 Å². The van der Waals surface area contributed by atoms with Crippen LogP contribution in [-0.4, -0.2) is 50.1 Å². The molecule has 2 N–H and O–H groups in total. The highest BCUT2D eigenvalue weighted by Crippen LogP contribution is 1.98. The summed E-state index contributed by atoms with van der Waals surface area (Å²) in [5, 5.41) is 6.79. The molecule has 0 heterocycles. The van der Waals surface area contributed by atoms with Crippen LogP contribution in [0, 0.1) is 5.92 Å². The average molecular weight is 256 g/mol. The van der Waals surface area contributed by atoms with Crippen LogP contribution in [0.2, 0.25) is 0 Å². The predicted molar refractivity (Wildman–Crippen MR) is 81.2 cm³/mol. The van der Waals surface area contributed by atoms with Crippen LogP contribution in [0.5, 0.6) is 0 Å². The quantitative estimate of drug-likeness (QED) is 0.515. The van der Waals surface area contributed by atoms with Gasteiger partial charge in [0.25, 0.3) is 0 Å². The number of likely N-dealkylation sites (N-methyl/N-ethyl adjacent to an activating group) is 1. The molecule has 1 unspecified atom stereocenters. The summed E-state index contributed by atoms with van der Waals surface area (Å²) in [6, 6.07) is 0.439. The zero-order valence-corrected chi connectivity index (χ0v) is 13.1. The van der Waals surface area contributed by atoms with Crippen molar-refractivity contribution in [1.29, 1.82) is 0 Å². The van der Waals surface area contributed by atoms with Crippen LogP contribution in [0.3, 0.4) is 0 Å². The van der Waals surface area contributed by atoms with Crippen LogP contribution in [0.15, 0.2) is 4.99 Å². The Morgan fingerprint density at radius 2 is 1.83 bits per heavy atom. The van der Waals surface area contributed by atoms with Gasteiger partial charge in [-0.3, -0.25) is 4.99 Å². The number of nitrogens with one attached hydrogen (secondary N) is 2. The molecule has 0 aromatic rings. The maximum absolute atomic E-state index is 4.25. The van der Waals surface area contributed by atoms with E-state index in [1.807, 2.05) is 7.05 Å². The summed E-state index contributed by atoms with van der Waals surface area (Å²) in [6.45, 7) is 15.4. The van der Waals surface area contributed by atoms with Gasteiger partial charge in [0.1, 0.15) is 0 Å². The molecule has 0 aromatic heterocycles. The number of hydrogen-bond acceptors (Lipinski definition) is 2. The first-order valence-electron chi connectivity index (χ1n) is 7.24. The van der Waals surface area contributed by atoms with E-state index in [1.54, 1.807) is 0 Å². The lowest BCUT2D eigenvalue weighted by molar-refractivity contribution is 0.292. The van der Waals surface area contributed by atoms with Crippen LogP contribution < -0.4 is 10.6 Å². The van der Waals surface area contributed by atoms with Crippen molar-refractivity contribution in [2.75, 3.05) is 33.2 Å². The van der Waals surface area contributed by atoms with Gasteiger partial charge in [0.2, 0.25) is 0 Å². The first kappa shape index (κ1) is 17.2. The lowest BCUT2D eigenvalue weighted by atomic mass is 10.1. The lowest BCUT2D eigenvalue weighted by Gasteiger charge is -2.23. The maximum Gasteiger partial charge on any atom is 0.191 e. The molecule has 0 fully saturated rings. The Kier molecular flexibility index (Phi) is 9.74. The molecule has 0 radical (unpaired) electrons. The van der Waals surface area contributed by atoms with E-state index in [9.17, 15) is 0 Å². The van der Waals surface area contributed by atoms with Crippen LogP contribution in [-0.2, 0) is 0 Å². The number of rotatable bonds is 8. The molecule has 4 heteroatoms. The Morgan fingerprint density at radius 1 is 1.17 bits per heavy atom. The van der Waals surface area contributed by atoms with Crippen molar-refractivity contribution in [2.45, 2.75) is 47.1 Å². The monoisotopic (exact) mass is 256 g/mol. The minimum absolute atomic E-state index is 0.439. The first-order valence-corrected chi connectivity index (χ1v) is 7.24. The summed E-state index contributed by atoms with van der Waals surface area (Å²) < 4.78 is 0. The summed E-state index contributed by atoms with van der Waals surface area (Å²) in [4.78, 5) is 6.71. The van der Waals surface area contributed by atoms with Gasteiger partial charge in [-0.25, -0.2) is 0 Å². The van der Waals surface area contributed by atoms with Gasteiger partial charge in [-0.05, 0) is 32.4 Å². The molecule has 0 rings (SSSR count). The molecule has 0 aliphatic rings. The summed E-state index contributed by atoms with van der Waals surface area (Å²) in [7, 11) is 1.83. The van der Waals surface area contributed by atoms with Crippen molar-refractivity contribution in [3.8, 4) is 0 Å². The fourth-order valence-electron chi connectivity index (χ4n) is 1.65. The minimum Gasteiger partial charge on any atom is -0.355 e. The van der Waals surface area contributed by atoms with Gasteiger partial charge < -0.3 is 15.5 Å². The SMILES string of the molecule is CCCN(CC)CCNC(=NC)NC(C)C(C)C. The summed E-state index contributed by atoms with van der Waals surface area (Å²) in [5.74, 6) is 1.51. The Bertz CT molecular complexity index is 226. The number of guanidine groups is 1. The number of hydrogen-bond donors (Lipinski definition) is 2. The Hall–Kier alpha value is -0.770. The molecule has 0 spiro atoms. The Labute approximate surface area is 113 Å². The van der Waals surface area contributed by atoms with E-state index in [-0.39, 0.29) is 0 Å². The van der Waals surface area contributed by atoms with Crippen LogP contribution in [0.1, 0.15) is 41.0 Å². The summed E-state index contributed by atoms with van der Waals surface area (Å²) in [5.41, 5.74) is 0. The average Bonchev–Trinajstić information content (AvgIpc) is 2.35. The largest absolute Gasteiger partial charge is 0.355 e. The van der Waals surface area contributed by atoms with Gasteiger partial charge in [-0.2, -0.15) is 0 Å². The van der Waals surface area contributed by atoms with E-state index in [4.69, 9.17) is 0 Å². The smallest absolute Gasteiger partial charge is 0.191 e. The van der Waals surface area contributed by atoms with Crippen molar-refractivity contribution < 1.29 is 0 Å². The Morgan fingerprint density at radius 3 is 2.28 bits per heavy atom. The molecule has 0 aromatic carbocycles. The highest BCUT2D eigenvalue weighted by molar-refractivity contribution is 5.79. The summed E-state index contributed by atoms with van der Waals surface area (Å²) in [6.07, 6.45) is 1.21. The fraction of sp³-hybridized carbons (Fsp3) is 0.929. The lowest BCUT2D eigenvalue weighted by Crippen LogP contribution is -2.46. The zero-order valence-electron chi connectivity index (χ0n) is 13.1. The van der Waals surface area contributed by atoms with Crippen molar-refractivity contribution in [3.63, 3.8) is 0 Å². The van der Waals surface area contributed by atoms with Gasteiger partial charge in [0.15, 0.2) is 5.96 Å². The fourth-order valence-corrected chi connectivity index (χ4v) is 1.65. The van der Waals surface area contributed by atoms with Crippen molar-refractivity contribution >= 4 is 5.96 Å². The second-order valence-corrected chi connectivity index (χ2v) is 5.11. The van der Waals surface area contributed by atoms with Gasteiger partial charge in [0, 0.05) is 26.2 Å². The third-order valence-corrected chi connectivity index (χ3v) is 3.30. The third kappa shape index (κ3) is 7.54. The third-order valence-electron chi connectivity index (χ3n) is 3.30. The van der Waals surface area contributed by atoms with E-state index in [1.165, 1.54) is 13.0 Å². The molecule has 18 heavy (non-hydrogen) atoms. The van der Waals surface area contributed by atoms with Crippen molar-refractivity contribution in [3.05, 3.63) is 0 Å². The molecule has 0 amide bonds. The van der Waals surface area contributed by atoms with Gasteiger partial charge >= 0.3 is 0 Å². The van der Waals surface area contributed by atoms with E-state index >= 15 is 0 Å². The minimum atomic E-state index is 0.439. The summed E-state index contributed by atoms with van der Waals surface area (Å²) >= 11 is 0. The van der Waals surface area contributed by atoms with E-state index in [0.29, 0.717) is 12.0 Å². The maximum atomic E-state index is 4.25. The number of nitrogens with zero attached hydrogens (tertiary/aromatic N) is 2. The van der Waals surface area contributed by atoms with Crippen LogP contribution in [0.25, 0.3) is 0 Å².